The van der Waals surface area contributed by atoms with Crippen LogP contribution in [0.3, 0.4) is 0 Å². The summed E-state index contributed by atoms with van der Waals surface area (Å²) >= 11 is 5.70. The maximum atomic E-state index is 12.7. The van der Waals surface area contributed by atoms with Crippen molar-refractivity contribution >= 4 is 21.6 Å². The van der Waals surface area contributed by atoms with Crippen molar-refractivity contribution in [1.82, 2.24) is 9.21 Å². The highest BCUT2D eigenvalue weighted by Gasteiger charge is 2.37. The summed E-state index contributed by atoms with van der Waals surface area (Å²) in [5.74, 6) is 0.880. The van der Waals surface area contributed by atoms with Crippen LogP contribution in [0.5, 0.6) is 0 Å². The van der Waals surface area contributed by atoms with Gasteiger partial charge in [0, 0.05) is 25.0 Å². The average Bonchev–Trinajstić information content (AvgIpc) is 2.83. The fraction of sp³-hybridized carbons (Fsp3) is 0.600. The molecule has 118 valence electrons. The first-order valence-corrected chi connectivity index (χ1v) is 9.15. The molecular weight excluding hydrogens is 308 g/mol. The first-order chi connectivity index (χ1) is 9.86. The number of hydrogen-bond acceptors (Lipinski definition) is 3. The summed E-state index contributed by atoms with van der Waals surface area (Å²) in [5.41, 5.74) is 1.06. The molecule has 1 aromatic rings. The zero-order chi connectivity index (χ0) is 15.6. The van der Waals surface area contributed by atoms with Crippen molar-refractivity contribution in [2.24, 2.45) is 5.92 Å². The van der Waals surface area contributed by atoms with E-state index in [1.807, 2.05) is 26.2 Å². The topological polar surface area (TPSA) is 40.6 Å². The smallest absolute Gasteiger partial charge is 0.243 e. The summed E-state index contributed by atoms with van der Waals surface area (Å²) in [4.78, 5) is 2.47. The summed E-state index contributed by atoms with van der Waals surface area (Å²) in [6.45, 7) is 3.23. The summed E-state index contributed by atoms with van der Waals surface area (Å²) in [5, 5.41) is 0. The van der Waals surface area contributed by atoms with E-state index in [1.165, 1.54) is 0 Å². The minimum absolute atomic E-state index is 0.273. The van der Waals surface area contributed by atoms with Crippen LogP contribution in [-0.4, -0.2) is 56.7 Å². The number of sulfonamides is 1. The van der Waals surface area contributed by atoms with Gasteiger partial charge in [0.2, 0.25) is 10.0 Å². The third-order valence-corrected chi connectivity index (χ3v) is 6.18. The van der Waals surface area contributed by atoms with Crippen molar-refractivity contribution in [3.05, 3.63) is 29.8 Å². The third kappa shape index (κ3) is 3.59. The second-order valence-corrected chi connectivity index (χ2v) is 8.23. The molecule has 0 bridgehead atoms. The van der Waals surface area contributed by atoms with E-state index >= 15 is 0 Å². The first-order valence-electron chi connectivity index (χ1n) is 7.17. The van der Waals surface area contributed by atoms with Crippen molar-refractivity contribution in [2.75, 3.05) is 33.1 Å². The van der Waals surface area contributed by atoms with Crippen LogP contribution in [0.15, 0.2) is 29.2 Å². The normalized spacial score (nSPS) is 23.9. The van der Waals surface area contributed by atoms with Gasteiger partial charge in [-0.3, -0.25) is 0 Å². The minimum atomic E-state index is -3.40. The molecule has 4 nitrogen and oxygen atoms in total. The van der Waals surface area contributed by atoms with E-state index in [0.29, 0.717) is 29.8 Å². The second kappa shape index (κ2) is 6.65. The molecule has 21 heavy (non-hydrogen) atoms. The Bertz CT molecular complexity index is 572. The number of alkyl halides is 1. The second-order valence-electron chi connectivity index (χ2n) is 5.91. The van der Waals surface area contributed by atoms with Crippen LogP contribution in [0.1, 0.15) is 12.5 Å². The van der Waals surface area contributed by atoms with Gasteiger partial charge in [0.1, 0.15) is 0 Å². The molecular formula is C15H23ClN2O2S. The molecule has 6 heteroatoms. The summed E-state index contributed by atoms with van der Waals surface area (Å²) in [6.07, 6.45) is 0.755. The molecule has 1 aliphatic heterocycles. The summed E-state index contributed by atoms with van der Waals surface area (Å²) in [6, 6.07) is 7.34. The molecule has 2 atom stereocenters. The van der Waals surface area contributed by atoms with Crippen molar-refractivity contribution in [1.29, 1.82) is 0 Å². The molecule has 2 rings (SSSR count). The van der Waals surface area contributed by atoms with Gasteiger partial charge < -0.3 is 4.90 Å². The highest BCUT2D eigenvalue weighted by Crippen LogP contribution is 2.26. The van der Waals surface area contributed by atoms with Gasteiger partial charge in [-0.15, -0.1) is 11.6 Å². The summed E-state index contributed by atoms with van der Waals surface area (Å²) in [7, 11) is 0.600. The van der Waals surface area contributed by atoms with Crippen LogP contribution < -0.4 is 0 Å². The Labute approximate surface area is 132 Å². The maximum absolute atomic E-state index is 12.7. The molecule has 0 amide bonds. The van der Waals surface area contributed by atoms with E-state index in [-0.39, 0.29) is 6.04 Å². The van der Waals surface area contributed by atoms with Gasteiger partial charge in [0.15, 0.2) is 0 Å². The van der Waals surface area contributed by atoms with Gasteiger partial charge in [-0.2, -0.15) is 4.31 Å². The lowest BCUT2D eigenvalue weighted by molar-refractivity contribution is 0.263. The van der Waals surface area contributed by atoms with Gasteiger partial charge in [-0.25, -0.2) is 8.42 Å². The Balaban J connectivity index is 2.19. The lowest BCUT2D eigenvalue weighted by Gasteiger charge is -2.22. The number of likely N-dealkylation sites (N-methyl/N-ethyl adjacent to an activating group) is 1. The van der Waals surface area contributed by atoms with Gasteiger partial charge in [-0.05, 0) is 44.1 Å². The Morgan fingerprint density at radius 2 is 1.86 bits per heavy atom. The molecule has 1 aliphatic rings. The van der Waals surface area contributed by atoms with Crippen LogP contribution in [0.2, 0.25) is 0 Å². The lowest BCUT2D eigenvalue weighted by atomic mass is 10.1. The number of aryl methyl sites for hydroxylation is 1. The van der Waals surface area contributed by atoms with Gasteiger partial charge >= 0.3 is 0 Å². The van der Waals surface area contributed by atoms with E-state index in [9.17, 15) is 8.42 Å². The van der Waals surface area contributed by atoms with Gasteiger partial charge in [0.05, 0.1) is 4.90 Å². The van der Waals surface area contributed by atoms with Crippen LogP contribution >= 0.6 is 11.6 Å². The van der Waals surface area contributed by atoms with Crippen molar-refractivity contribution in [3.63, 3.8) is 0 Å². The van der Waals surface area contributed by atoms with Crippen molar-refractivity contribution < 1.29 is 8.42 Å². The number of halogens is 1. The SMILES string of the molecule is CC1CN(S(=O)(=O)c2ccc(CCCl)cc2)CC1N(C)C. The van der Waals surface area contributed by atoms with Crippen LogP contribution in [0.4, 0.5) is 0 Å². The van der Waals surface area contributed by atoms with E-state index in [1.54, 1.807) is 16.4 Å². The van der Waals surface area contributed by atoms with Gasteiger partial charge in [-0.1, -0.05) is 19.1 Å². The molecule has 1 fully saturated rings. The van der Waals surface area contributed by atoms with E-state index < -0.39 is 10.0 Å². The largest absolute Gasteiger partial charge is 0.305 e. The van der Waals surface area contributed by atoms with Crippen LogP contribution in [0.25, 0.3) is 0 Å². The molecule has 1 saturated heterocycles. The molecule has 2 unspecified atom stereocenters. The maximum Gasteiger partial charge on any atom is 0.243 e. The molecule has 1 heterocycles. The number of hydrogen-bond donors (Lipinski definition) is 0. The average molecular weight is 331 g/mol. The monoisotopic (exact) mass is 330 g/mol. The lowest BCUT2D eigenvalue weighted by Crippen LogP contribution is -2.35. The molecule has 0 spiro atoms. The molecule has 0 saturated carbocycles. The Morgan fingerprint density at radius 3 is 2.33 bits per heavy atom. The summed E-state index contributed by atoms with van der Waals surface area (Å²) < 4.78 is 27.0. The quantitative estimate of drug-likeness (QED) is 0.776. The third-order valence-electron chi connectivity index (χ3n) is 4.15. The van der Waals surface area contributed by atoms with Gasteiger partial charge in [0.25, 0.3) is 0 Å². The zero-order valence-corrected chi connectivity index (χ0v) is 14.4. The van der Waals surface area contributed by atoms with E-state index in [0.717, 1.165) is 12.0 Å². The molecule has 0 aliphatic carbocycles. The predicted octanol–water partition coefficient (Wildman–Crippen LogP) is 2.04. The van der Waals surface area contributed by atoms with Crippen molar-refractivity contribution in [2.45, 2.75) is 24.3 Å². The van der Waals surface area contributed by atoms with Crippen molar-refractivity contribution in [3.8, 4) is 0 Å². The highest BCUT2D eigenvalue weighted by atomic mass is 35.5. The standard InChI is InChI=1S/C15H23ClN2O2S/c1-12-10-18(11-15(12)17(2)3)21(19,20)14-6-4-13(5-7-14)8-9-16/h4-7,12,15H,8-11H2,1-3H3. The molecule has 0 radical (unpaired) electrons. The van der Waals surface area contributed by atoms with Crippen LogP contribution in [0, 0.1) is 5.92 Å². The number of benzene rings is 1. The molecule has 0 N–H and O–H groups in total. The highest BCUT2D eigenvalue weighted by molar-refractivity contribution is 7.89. The van der Waals surface area contributed by atoms with Crippen LogP contribution in [-0.2, 0) is 16.4 Å². The fourth-order valence-electron chi connectivity index (χ4n) is 2.86. The fourth-order valence-corrected chi connectivity index (χ4v) is 4.64. The predicted molar refractivity (Wildman–Crippen MR) is 86.3 cm³/mol. The van der Waals surface area contributed by atoms with E-state index in [4.69, 9.17) is 11.6 Å². The first kappa shape index (κ1) is 16.7. The number of nitrogens with zero attached hydrogens (tertiary/aromatic N) is 2. The Kier molecular flexibility index (Phi) is 5.30. The Morgan fingerprint density at radius 1 is 1.24 bits per heavy atom. The molecule has 1 aromatic carbocycles. The molecule has 0 aromatic heterocycles. The Hall–Kier alpha value is -0.620. The minimum Gasteiger partial charge on any atom is -0.305 e. The zero-order valence-electron chi connectivity index (χ0n) is 12.8. The number of rotatable bonds is 5. The van der Waals surface area contributed by atoms with E-state index in [2.05, 4.69) is 11.8 Å².